The molecule has 0 fully saturated rings. The lowest BCUT2D eigenvalue weighted by Gasteiger charge is -2.20. The zero-order valence-corrected chi connectivity index (χ0v) is 40.1. The highest BCUT2D eigenvalue weighted by Gasteiger charge is 2.30. The number of aromatic nitrogens is 2. The van der Waals surface area contributed by atoms with E-state index in [4.69, 9.17) is 0 Å². The summed E-state index contributed by atoms with van der Waals surface area (Å²) in [5, 5.41) is 15.1. The number of benzene rings is 10. The van der Waals surface area contributed by atoms with Gasteiger partial charge < -0.3 is 9.13 Å². The molecule has 0 amide bonds. The summed E-state index contributed by atoms with van der Waals surface area (Å²) in [7, 11) is 0. The van der Waals surface area contributed by atoms with Crippen LogP contribution in [0.4, 0.5) is 22.0 Å². The number of aryl methyl sites for hydroxylation is 4. The van der Waals surface area contributed by atoms with Crippen molar-refractivity contribution in [2.75, 3.05) is 0 Å². The smallest absolute Gasteiger partial charge is 0.200 e. The second kappa shape index (κ2) is 17.4. The molecule has 0 spiro atoms. The van der Waals surface area contributed by atoms with Gasteiger partial charge in [-0.1, -0.05) is 146 Å². The molecule has 0 aliphatic carbocycles. The summed E-state index contributed by atoms with van der Waals surface area (Å²) in [6, 6.07) is 61.6. The molecule has 2 heterocycles. The third-order valence-electron chi connectivity index (χ3n) is 14.5. The van der Waals surface area contributed by atoms with Crippen molar-refractivity contribution in [1.29, 1.82) is 5.26 Å². The summed E-state index contributed by atoms with van der Waals surface area (Å²) in [5.41, 5.74) is 13.1. The fourth-order valence-electron chi connectivity index (χ4n) is 10.9. The number of hydrogen-bond donors (Lipinski definition) is 0. The average Bonchev–Trinajstić information content (AvgIpc) is 3.91. The Labute approximate surface area is 417 Å². The first-order valence-corrected chi connectivity index (χ1v) is 23.9. The van der Waals surface area contributed by atoms with Crippen LogP contribution in [-0.2, 0) is 0 Å². The van der Waals surface area contributed by atoms with Crippen molar-refractivity contribution < 1.29 is 22.0 Å². The highest BCUT2D eigenvalue weighted by molar-refractivity contribution is 6.13. The maximum absolute atomic E-state index is 16.5. The van der Waals surface area contributed by atoms with Crippen molar-refractivity contribution in [3.05, 3.63) is 239 Å². The number of nitriles is 1. The molecule has 0 radical (unpaired) electrons. The van der Waals surface area contributed by atoms with E-state index >= 15 is 17.6 Å². The standard InChI is InChI=1S/C65H42F5N3/c1-36-13-5-9-17-45(36)40-21-25-49-50-26-22-41(46-18-10-6-14-37(46)2)30-55(50)72(54(49)29-40)58-33-44(60-61(66)63(68)65(70)64(69)62(60)67)34-59(53(58)35-71)73-56-31-42(47-19-11-7-15-38(47)3)23-27-51(56)52-28-24-43(32-57(52)73)48-20-12-8-16-39(48)4/h5-34H,1-4H3. The summed E-state index contributed by atoms with van der Waals surface area (Å²) in [4.78, 5) is 0. The Bertz CT molecular complexity index is 3870. The molecule has 0 unspecified atom stereocenters. The zero-order chi connectivity index (χ0) is 50.4. The van der Waals surface area contributed by atoms with Gasteiger partial charge in [0.15, 0.2) is 23.3 Å². The van der Waals surface area contributed by atoms with Gasteiger partial charge in [0.05, 0.1) is 39.0 Å². The van der Waals surface area contributed by atoms with Crippen molar-refractivity contribution in [2.24, 2.45) is 0 Å². The van der Waals surface area contributed by atoms with E-state index in [9.17, 15) is 9.65 Å². The lowest BCUT2D eigenvalue weighted by atomic mass is 9.97. The van der Waals surface area contributed by atoms with Crippen LogP contribution in [0.1, 0.15) is 27.8 Å². The van der Waals surface area contributed by atoms with Gasteiger partial charge in [-0.25, -0.2) is 22.0 Å². The van der Waals surface area contributed by atoms with Crippen molar-refractivity contribution in [1.82, 2.24) is 9.13 Å². The van der Waals surface area contributed by atoms with Crippen LogP contribution in [0.3, 0.4) is 0 Å². The minimum atomic E-state index is -2.27. The number of fused-ring (bicyclic) bond motifs is 6. The van der Waals surface area contributed by atoms with Crippen LogP contribution < -0.4 is 0 Å². The number of rotatable bonds is 7. The van der Waals surface area contributed by atoms with Crippen LogP contribution in [0, 0.1) is 68.1 Å². The van der Waals surface area contributed by atoms with Crippen molar-refractivity contribution in [3.8, 4) is 73.1 Å². The molecule has 0 bridgehead atoms. The minimum Gasteiger partial charge on any atom is -0.308 e. The molecule has 0 saturated heterocycles. The fourth-order valence-corrected chi connectivity index (χ4v) is 10.9. The molecule has 2 aromatic heterocycles. The molecular formula is C65H42F5N3. The lowest BCUT2D eigenvalue weighted by Crippen LogP contribution is -2.08. The van der Waals surface area contributed by atoms with Gasteiger partial charge in [-0.3, -0.25) is 0 Å². The molecule has 0 aliphatic rings. The third kappa shape index (κ3) is 7.14. The molecule has 0 aliphatic heterocycles. The Morgan fingerprint density at radius 1 is 0.329 bits per heavy atom. The normalized spacial score (nSPS) is 11.6. The van der Waals surface area contributed by atoms with E-state index in [1.54, 1.807) is 0 Å². The maximum Gasteiger partial charge on any atom is 0.200 e. The van der Waals surface area contributed by atoms with Gasteiger partial charge in [0.1, 0.15) is 11.6 Å². The van der Waals surface area contributed by atoms with Crippen molar-refractivity contribution >= 4 is 43.6 Å². The van der Waals surface area contributed by atoms with Gasteiger partial charge in [-0.2, -0.15) is 5.26 Å². The third-order valence-corrected chi connectivity index (χ3v) is 14.5. The molecule has 352 valence electrons. The highest BCUT2D eigenvalue weighted by Crippen LogP contribution is 2.45. The predicted molar refractivity (Wildman–Crippen MR) is 286 cm³/mol. The quantitative estimate of drug-likeness (QED) is 0.0890. The zero-order valence-electron chi connectivity index (χ0n) is 40.1. The fraction of sp³-hybridized carbons (Fsp3) is 0.0615. The lowest BCUT2D eigenvalue weighted by molar-refractivity contribution is 0.381. The van der Waals surface area contributed by atoms with Gasteiger partial charge in [-0.05, 0) is 136 Å². The molecular weight excluding hydrogens is 918 g/mol. The second-order valence-corrected chi connectivity index (χ2v) is 18.8. The molecule has 10 aromatic carbocycles. The minimum absolute atomic E-state index is 0.0930. The SMILES string of the molecule is Cc1ccccc1-c1ccc2c3ccc(-c4ccccc4C)cc3n(-c3cc(-c4c(F)c(F)c(F)c(F)c4F)cc(-n4c5cc(-c6ccccc6C)ccc5c5ccc(-c6ccccc6C)cc54)c3C#N)c2c1. The summed E-state index contributed by atoms with van der Waals surface area (Å²) in [6.07, 6.45) is 0. The van der Waals surface area contributed by atoms with Crippen LogP contribution in [0.25, 0.3) is 111 Å². The first kappa shape index (κ1) is 45.1. The molecule has 12 rings (SSSR count). The van der Waals surface area contributed by atoms with Gasteiger partial charge in [0.2, 0.25) is 5.82 Å². The first-order chi connectivity index (χ1) is 35.4. The van der Waals surface area contributed by atoms with Crippen LogP contribution in [0.5, 0.6) is 0 Å². The molecule has 0 atom stereocenters. The van der Waals surface area contributed by atoms with E-state index in [0.29, 0.717) is 22.1 Å². The van der Waals surface area contributed by atoms with E-state index < -0.39 is 34.6 Å². The summed E-state index contributed by atoms with van der Waals surface area (Å²) < 4.78 is 83.0. The Morgan fingerprint density at radius 3 is 0.877 bits per heavy atom. The van der Waals surface area contributed by atoms with E-state index in [1.807, 2.05) is 207 Å². The largest absolute Gasteiger partial charge is 0.308 e. The van der Waals surface area contributed by atoms with E-state index in [0.717, 1.165) is 88.3 Å². The Balaban J connectivity index is 1.28. The molecule has 0 N–H and O–H groups in total. The van der Waals surface area contributed by atoms with Crippen molar-refractivity contribution in [3.63, 3.8) is 0 Å². The van der Waals surface area contributed by atoms with Crippen LogP contribution in [0.2, 0.25) is 0 Å². The Hall–Kier alpha value is -9.06. The van der Waals surface area contributed by atoms with E-state index in [1.165, 1.54) is 12.1 Å². The number of halogens is 5. The Morgan fingerprint density at radius 2 is 0.603 bits per heavy atom. The van der Waals surface area contributed by atoms with Gasteiger partial charge >= 0.3 is 0 Å². The molecule has 8 heteroatoms. The average molecular weight is 960 g/mol. The number of hydrogen-bond acceptors (Lipinski definition) is 1. The predicted octanol–water partition coefficient (Wildman–Crippen LogP) is 18.0. The van der Waals surface area contributed by atoms with Crippen LogP contribution in [-0.4, -0.2) is 9.13 Å². The van der Waals surface area contributed by atoms with E-state index in [-0.39, 0.29) is 22.5 Å². The molecule has 73 heavy (non-hydrogen) atoms. The van der Waals surface area contributed by atoms with Gasteiger partial charge in [0, 0.05) is 21.5 Å². The van der Waals surface area contributed by atoms with Gasteiger partial charge in [-0.15, -0.1) is 0 Å². The van der Waals surface area contributed by atoms with Crippen LogP contribution in [0.15, 0.2) is 182 Å². The van der Waals surface area contributed by atoms with E-state index in [2.05, 4.69) is 6.07 Å². The Kier molecular flexibility index (Phi) is 10.7. The summed E-state index contributed by atoms with van der Waals surface area (Å²) in [6.45, 7) is 8.10. The molecule has 3 nitrogen and oxygen atoms in total. The maximum atomic E-state index is 16.5. The molecule has 0 saturated carbocycles. The highest BCUT2D eigenvalue weighted by atomic mass is 19.2. The first-order valence-electron chi connectivity index (χ1n) is 23.9. The summed E-state index contributed by atoms with van der Waals surface area (Å²) >= 11 is 0. The monoisotopic (exact) mass is 959 g/mol. The number of nitrogens with zero attached hydrogens (tertiary/aromatic N) is 3. The topological polar surface area (TPSA) is 33.6 Å². The second-order valence-electron chi connectivity index (χ2n) is 18.8. The summed E-state index contributed by atoms with van der Waals surface area (Å²) in [5.74, 6) is -10.4. The van der Waals surface area contributed by atoms with Crippen LogP contribution >= 0.6 is 0 Å². The van der Waals surface area contributed by atoms with Crippen molar-refractivity contribution in [2.45, 2.75) is 27.7 Å². The molecule has 12 aromatic rings. The van der Waals surface area contributed by atoms with Gasteiger partial charge in [0.25, 0.3) is 0 Å².